The van der Waals surface area contributed by atoms with Gasteiger partial charge in [-0.2, -0.15) is 13.2 Å². The average molecular weight is 464 g/mol. The second kappa shape index (κ2) is 11.1. The van der Waals surface area contributed by atoms with Crippen LogP contribution in [0.3, 0.4) is 0 Å². The largest absolute Gasteiger partial charge is 0.401 e. The second-order valence-electron chi connectivity index (χ2n) is 5.00. The van der Waals surface area contributed by atoms with E-state index in [1.165, 1.54) is 16.8 Å². The number of guanidine groups is 1. The molecule has 2 N–H and O–H groups in total. The molecule has 1 aromatic heterocycles. The van der Waals surface area contributed by atoms with Crippen molar-refractivity contribution in [2.45, 2.75) is 26.1 Å². The summed E-state index contributed by atoms with van der Waals surface area (Å²) in [5, 5.41) is 8.35. The summed E-state index contributed by atoms with van der Waals surface area (Å²) in [6, 6.07) is 4.11. The zero-order chi connectivity index (χ0) is 16.6. The molecule has 0 spiro atoms. The Kier molecular flexibility index (Phi) is 10.8. The van der Waals surface area contributed by atoms with E-state index < -0.39 is 12.7 Å². The fourth-order valence-corrected chi connectivity index (χ4v) is 2.59. The normalized spacial score (nSPS) is 13.6. The second-order valence-corrected chi connectivity index (χ2v) is 5.97. The molecule has 1 atom stereocenters. The number of hydrogen-bond donors (Lipinski definition) is 2. The Morgan fingerprint density at radius 2 is 2.13 bits per heavy atom. The average Bonchev–Trinajstić information content (AvgIpc) is 2.90. The number of alkyl halides is 3. The van der Waals surface area contributed by atoms with Gasteiger partial charge >= 0.3 is 6.18 Å². The van der Waals surface area contributed by atoms with Crippen LogP contribution >= 0.6 is 35.3 Å². The summed E-state index contributed by atoms with van der Waals surface area (Å²) in [6.45, 7) is 4.30. The van der Waals surface area contributed by atoms with Crippen molar-refractivity contribution in [1.82, 2.24) is 15.5 Å². The minimum absolute atomic E-state index is 0. The Bertz CT molecular complexity index is 451. The Morgan fingerprint density at radius 3 is 2.65 bits per heavy atom. The molecule has 134 valence electrons. The monoisotopic (exact) mass is 464 g/mol. The van der Waals surface area contributed by atoms with E-state index >= 15 is 0 Å². The van der Waals surface area contributed by atoms with Gasteiger partial charge in [-0.25, -0.2) is 0 Å². The Morgan fingerprint density at radius 1 is 1.43 bits per heavy atom. The van der Waals surface area contributed by atoms with Crippen molar-refractivity contribution in [3.8, 4) is 0 Å². The molecular formula is C14H24F3IN4S. The molecule has 1 heterocycles. The van der Waals surface area contributed by atoms with Crippen LogP contribution in [0.5, 0.6) is 0 Å². The van der Waals surface area contributed by atoms with E-state index in [-0.39, 0.29) is 36.6 Å². The molecule has 0 saturated carbocycles. The number of aliphatic imine (C=N–C) groups is 1. The van der Waals surface area contributed by atoms with E-state index in [0.29, 0.717) is 19.0 Å². The van der Waals surface area contributed by atoms with E-state index in [4.69, 9.17) is 0 Å². The van der Waals surface area contributed by atoms with Gasteiger partial charge in [0.1, 0.15) is 0 Å². The Balaban J connectivity index is 0.00000484. The van der Waals surface area contributed by atoms with Crippen LogP contribution in [-0.4, -0.2) is 50.3 Å². The minimum atomic E-state index is -4.17. The molecule has 0 saturated heterocycles. The van der Waals surface area contributed by atoms with Gasteiger partial charge in [-0.05, 0) is 32.3 Å². The minimum Gasteiger partial charge on any atom is -0.357 e. The highest BCUT2D eigenvalue weighted by atomic mass is 127. The first-order valence-electron chi connectivity index (χ1n) is 7.15. The highest BCUT2D eigenvalue weighted by molar-refractivity contribution is 14.0. The first-order valence-corrected chi connectivity index (χ1v) is 8.03. The number of nitrogens with one attached hydrogen (secondary N) is 2. The predicted octanol–water partition coefficient (Wildman–Crippen LogP) is 3.48. The van der Waals surface area contributed by atoms with Gasteiger partial charge in [-0.3, -0.25) is 9.89 Å². The molecular weight excluding hydrogens is 440 g/mol. The fraction of sp³-hybridized carbons (Fsp3) is 0.643. The number of halogens is 4. The van der Waals surface area contributed by atoms with Gasteiger partial charge in [-0.15, -0.1) is 35.3 Å². The maximum absolute atomic E-state index is 12.2. The van der Waals surface area contributed by atoms with Gasteiger partial charge in [0.25, 0.3) is 0 Å². The van der Waals surface area contributed by atoms with Crippen LogP contribution in [0.15, 0.2) is 22.5 Å². The van der Waals surface area contributed by atoms with Crippen molar-refractivity contribution in [1.29, 1.82) is 0 Å². The maximum Gasteiger partial charge on any atom is 0.401 e. The van der Waals surface area contributed by atoms with Crippen molar-refractivity contribution in [3.63, 3.8) is 0 Å². The topological polar surface area (TPSA) is 39.7 Å². The van der Waals surface area contributed by atoms with Crippen LogP contribution in [0, 0.1) is 0 Å². The third kappa shape index (κ3) is 10.0. The lowest BCUT2D eigenvalue weighted by Crippen LogP contribution is -2.39. The molecule has 23 heavy (non-hydrogen) atoms. The van der Waals surface area contributed by atoms with Crippen molar-refractivity contribution < 1.29 is 13.2 Å². The zero-order valence-corrected chi connectivity index (χ0v) is 16.6. The predicted molar refractivity (Wildman–Crippen MR) is 101 cm³/mol. The molecule has 1 rings (SSSR count). The van der Waals surface area contributed by atoms with Crippen molar-refractivity contribution in [3.05, 3.63) is 22.4 Å². The van der Waals surface area contributed by atoms with Crippen LogP contribution < -0.4 is 10.6 Å². The first-order chi connectivity index (χ1) is 10.3. The van der Waals surface area contributed by atoms with Crippen LogP contribution in [0.1, 0.15) is 24.8 Å². The summed E-state index contributed by atoms with van der Waals surface area (Å²) in [5.41, 5.74) is 0. The van der Waals surface area contributed by atoms with Crippen LogP contribution in [0.2, 0.25) is 0 Å². The summed E-state index contributed by atoms with van der Waals surface area (Å²) in [5.74, 6) is 0.615. The Labute approximate surface area is 156 Å². The highest BCUT2D eigenvalue weighted by Crippen LogP contribution is 2.18. The van der Waals surface area contributed by atoms with E-state index in [0.717, 1.165) is 0 Å². The quantitative estimate of drug-likeness (QED) is 0.369. The van der Waals surface area contributed by atoms with Crippen LogP contribution in [-0.2, 0) is 0 Å². The van der Waals surface area contributed by atoms with Crippen LogP contribution in [0.25, 0.3) is 0 Å². The summed E-state index contributed by atoms with van der Waals surface area (Å²) in [7, 11) is 1.44. The molecule has 1 unspecified atom stereocenters. The van der Waals surface area contributed by atoms with Crippen molar-refractivity contribution in [2.75, 3.05) is 33.2 Å². The molecule has 0 bridgehead atoms. The molecule has 0 aliphatic rings. The SMILES string of the molecule is CCNC(=NCCN(C)CC(F)(F)F)NC(C)c1cccs1.I. The van der Waals surface area contributed by atoms with Gasteiger partial charge in [0.15, 0.2) is 5.96 Å². The summed E-state index contributed by atoms with van der Waals surface area (Å²) >= 11 is 1.65. The third-order valence-corrected chi connectivity index (χ3v) is 3.92. The summed E-state index contributed by atoms with van der Waals surface area (Å²) < 4.78 is 36.7. The molecule has 0 aliphatic carbocycles. The van der Waals surface area contributed by atoms with Gasteiger partial charge in [0, 0.05) is 18.0 Å². The molecule has 1 aromatic rings. The van der Waals surface area contributed by atoms with Gasteiger partial charge in [-0.1, -0.05) is 6.07 Å². The number of rotatable bonds is 7. The van der Waals surface area contributed by atoms with E-state index in [9.17, 15) is 13.2 Å². The maximum atomic E-state index is 12.2. The van der Waals surface area contributed by atoms with Crippen LogP contribution in [0.4, 0.5) is 13.2 Å². The zero-order valence-electron chi connectivity index (χ0n) is 13.5. The molecule has 0 aromatic carbocycles. The lowest BCUT2D eigenvalue weighted by Gasteiger charge is -2.19. The van der Waals surface area contributed by atoms with Crippen molar-refractivity contribution in [2.24, 2.45) is 4.99 Å². The molecule has 0 radical (unpaired) electrons. The molecule has 0 aliphatic heterocycles. The number of thiophene rings is 1. The standard InChI is InChI=1S/C14H23F3N4S.HI/c1-4-18-13(20-11(2)12-6-5-9-22-12)19-7-8-21(3)10-14(15,16)17;/h5-6,9,11H,4,7-8,10H2,1-3H3,(H2,18,19,20);1H. The van der Waals surface area contributed by atoms with Gasteiger partial charge < -0.3 is 10.6 Å². The highest BCUT2D eigenvalue weighted by Gasteiger charge is 2.28. The van der Waals surface area contributed by atoms with E-state index in [1.54, 1.807) is 11.3 Å². The summed E-state index contributed by atoms with van der Waals surface area (Å²) in [6.07, 6.45) is -4.17. The number of likely N-dealkylation sites (N-methyl/N-ethyl adjacent to an activating group) is 1. The molecule has 0 fully saturated rings. The Hall–Kier alpha value is -0.550. The van der Waals surface area contributed by atoms with Gasteiger partial charge in [0.2, 0.25) is 0 Å². The van der Waals surface area contributed by atoms with E-state index in [2.05, 4.69) is 15.6 Å². The lowest BCUT2D eigenvalue weighted by atomic mass is 10.3. The lowest BCUT2D eigenvalue weighted by molar-refractivity contribution is -0.142. The fourth-order valence-electron chi connectivity index (χ4n) is 1.85. The summed E-state index contributed by atoms with van der Waals surface area (Å²) in [4.78, 5) is 6.72. The number of nitrogens with zero attached hydrogens (tertiary/aromatic N) is 2. The van der Waals surface area contributed by atoms with Crippen molar-refractivity contribution >= 4 is 41.3 Å². The smallest absolute Gasteiger partial charge is 0.357 e. The number of hydrogen-bond acceptors (Lipinski definition) is 3. The molecule has 9 heteroatoms. The third-order valence-electron chi connectivity index (χ3n) is 2.87. The van der Waals surface area contributed by atoms with Gasteiger partial charge in [0.05, 0.1) is 19.1 Å². The van der Waals surface area contributed by atoms with E-state index in [1.807, 2.05) is 31.4 Å². The molecule has 0 amide bonds. The molecule has 4 nitrogen and oxygen atoms in total. The first kappa shape index (κ1) is 22.4.